The number of hydrogen-bond acceptors (Lipinski definition) is 2. The van der Waals surface area contributed by atoms with Gasteiger partial charge >= 0.3 is 0 Å². The van der Waals surface area contributed by atoms with Gasteiger partial charge in [-0.05, 0) is 24.7 Å². The van der Waals surface area contributed by atoms with E-state index in [1.165, 1.54) is 38.5 Å². The summed E-state index contributed by atoms with van der Waals surface area (Å²) in [7, 11) is 0. The molecule has 2 nitrogen and oxygen atoms in total. The van der Waals surface area contributed by atoms with E-state index in [1.54, 1.807) is 0 Å². The minimum Gasteiger partial charge on any atom is -0.300 e. The van der Waals surface area contributed by atoms with Gasteiger partial charge in [-0.2, -0.15) is 0 Å². The average Bonchev–Trinajstić information content (AvgIpc) is 2.45. The van der Waals surface area contributed by atoms with Crippen LogP contribution in [0.2, 0.25) is 0 Å². The summed E-state index contributed by atoms with van der Waals surface area (Å²) in [5, 5.41) is 0. The largest absolute Gasteiger partial charge is 0.300 e. The van der Waals surface area contributed by atoms with Crippen molar-refractivity contribution in [3.05, 3.63) is 0 Å². The summed E-state index contributed by atoms with van der Waals surface area (Å²) in [5.41, 5.74) is 0. The van der Waals surface area contributed by atoms with Crippen molar-refractivity contribution >= 4 is 11.6 Å². The number of carbonyl (C=O) groups excluding carboxylic acids is 2. The minimum atomic E-state index is 0.252. The van der Waals surface area contributed by atoms with E-state index in [1.807, 2.05) is 6.92 Å². The lowest BCUT2D eigenvalue weighted by Crippen LogP contribution is -2.20. The van der Waals surface area contributed by atoms with Crippen molar-refractivity contribution in [3.63, 3.8) is 0 Å². The van der Waals surface area contributed by atoms with E-state index in [4.69, 9.17) is 0 Å². The Labute approximate surface area is 124 Å². The zero-order chi connectivity index (χ0) is 14.8. The molecule has 0 N–H and O–H groups in total. The SMILES string of the molecule is CCCC(=O)CCC(=O)CCC1CCCCC1CCC. The molecule has 2 unspecified atom stereocenters. The fourth-order valence-electron chi connectivity index (χ4n) is 3.57. The Hall–Kier alpha value is -0.660. The molecule has 0 aliphatic heterocycles. The molecule has 1 rings (SSSR count). The van der Waals surface area contributed by atoms with E-state index >= 15 is 0 Å². The topological polar surface area (TPSA) is 34.1 Å². The van der Waals surface area contributed by atoms with Gasteiger partial charge in [-0.25, -0.2) is 0 Å². The first-order valence-electron chi connectivity index (χ1n) is 8.70. The number of Topliss-reactive ketones (excluding diaryl/α,β-unsaturated/α-hetero) is 2. The van der Waals surface area contributed by atoms with Crippen molar-refractivity contribution < 1.29 is 9.59 Å². The van der Waals surface area contributed by atoms with Gasteiger partial charge < -0.3 is 0 Å². The lowest BCUT2D eigenvalue weighted by Gasteiger charge is -2.31. The number of carbonyl (C=O) groups is 2. The maximum Gasteiger partial charge on any atom is 0.133 e. The van der Waals surface area contributed by atoms with Crippen LogP contribution in [0.4, 0.5) is 0 Å². The van der Waals surface area contributed by atoms with Crippen LogP contribution in [-0.2, 0) is 9.59 Å². The Balaban J connectivity index is 2.23. The van der Waals surface area contributed by atoms with Crippen LogP contribution in [0, 0.1) is 11.8 Å². The van der Waals surface area contributed by atoms with Crippen LogP contribution in [0.3, 0.4) is 0 Å². The number of hydrogen-bond donors (Lipinski definition) is 0. The molecule has 20 heavy (non-hydrogen) atoms. The van der Waals surface area contributed by atoms with Crippen molar-refractivity contribution in [2.24, 2.45) is 11.8 Å². The maximum atomic E-state index is 11.9. The van der Waals surface area contributed by atoms with Crippen molar-refractivity contribution in [2.45, 2.75) is 90.9 Å². The second-order valence-electron chi connectivity index (χ2n) is 6.46. The third-order valence-corrected chi connectivity index (χ3v) is 4.73. The molecule has 0 spiro atoms. The smallest absolute Gasteiger partial charge is 0.133 e. The summed E-state index contributed by atoms with van der Waals surface area (Å²) in [5.74, 6) is 2.17. The van der Waals surface area contributed by atoms with E-state index in [2.05, 4.69) is 6.92 Å². The molecule has 0 saturated heterocycles. The maximum absolute atomic E-state index is 11.9. The molecule has 0 radical (unpaired) electrons. The molecule has 0 aromatic heterocycles. The Morgan fingerprint density at radius 1 is 0.750 bits per heavy atom. The predicted octanol–water partition coefficient (Wildman–Crippen LogP) is 5.09. The Morgan fingerprint density at radius 2 is 1.30 bits per heavy atom. The van der Waals surface area contributed by atoms with E-state index < -0.39 is 0 Å². The molecule has 0 aromatic carbocycles. The van der Waals surface area contributed by atoms with Gasteiger partial charge in [-0.3, -0.25) is 9.59 Å². The quantitative estimate of drug-likeness (QED) is 0.558. The Morgan fingerprint density at radius 3 is 1.85 bits per heavy atom. The van der Waals surface area contributed by atoms with Crippen LogP contribution in [0.1, 0.15) is 90.9 Å². The molecule has 2 heteroatoms. The van der Waals surface area contributed by atoms with Crippen molar-refractivity contribution in [2.75, 3.05) is 0 Å². The van der Waals surface area contributed by atoms with Crippen LogP contribution in [0.5, 0.6) is 0 Å². The average molecular weight is 280 g/mol. The highest BCUT2D eigenvalue weighted by molar-refractivity contribution is 5.85. The van der Waals surface area contributed by atoms with E-state index in [9.17, 15) is 9.59 Å². The molecule has 2 atom stereocenters. The van der Waals surface area contributed by atoms with Gasteiger partial charge in [0.2, 0.25) is 0 Å². The van der Waals surface area contributed by atoms with Crippen molar-refractivity contribution in [1.82, 2.24) is 0 Å². The predicted molar refractivity (Wildman–Crippen MR) is 83.7 cm³/mol. The summed E-state index contributed by atoms with van der Waals surface area (Å²) < 4.78 is 0. The Kier molecular flexibility index (Phi) is 8.80. The second-order valence-corrected chi connectivity index (χ2v) is 6.46. The molecular weight excluding hydrogens is 248 g/mol. The van der Waals surface area contributed by atoms with E-state index in [-0.39, 0.29) is 5.78 Å². The highest BCUT2D eigenvalue weighted by Gasteiger charge is 2.24. The molecular formula is C18H32O2. The second kappa shape index (κ2) is 10.1. The lowest BCUT2D eigenvalue weighted by atomic mass is 9.74. The lowest BCUT2D eigenvalue weighted by molar-refractivity contribution is -0.124. The molecule has 0 aromatic rings. The molecule has 1 saturated carbocycles. The normalized spacial score (nSPS) is 22.7. The van der Waals surface area contributed by atoms with Gasteiger partial charge in [0.25, 0.3) is 0 Å². The molecule has 0 bridgehead atoms. The fraction of sp³-hybridized carbons (Fsp3) is 0.889. The molecule has 1 aliphatic rings. The van der Waals surface area contributed by atoms with Gasteiger partial charge in [-0.15, -0.1) is 0 Å². The van der Waals surface area contributed by atoms with Crippen molar-refractivity contribution in [3.8, 4) is 0 Å². The highest BCUT2D eigenvalue weighted by Crippen LogP contribution is 2.36. The molecule has 0 heterocycles. The molecule has 1 aliphatic carbocycles. The van der Waals surface area contributed by atoms with Gasteiger partial charge in [0.1, 0.15) is 11.6 Å². The van der Waals surface area contributed by atoms with Crippen molar-refractivity contribution in [1.29, 1.82) is 0 Å². The third kappa shape index (κ3) is 6.67. The van der Waals surface area contributed by atoms with Crippen LogP contribution >= 0.6 is 0 Å². The summed E-state index contributed by atoms with van der Waals surface area (Å²) in [6.45, 7) is 4.27. The monoisotopic (exact) mass is 280 g/mol. The number of ketones is 2. The van der Waals surface area contributed by atoms with Gasteiger partial charge in [0.15, 0.2) is 0 Å². The standard InChI is InChI=1S/C18H32O2/c1-3-7-15-9-5-6-10-16(15)11-12-18(20)14-13-17(19)8-4-2/h15-16H,3-14H2,1-2H3. The zero-order valence-corrected chi connectivity index (χ0v) is 13.5. The summed E-state index contributed by atoms with van der Waals surface area (Å²) in [6, 6.07) is 0. The minimum absolute atomic E-state index is 0.252. The summed E-state index contributed by atoms with van der Waals surface area (Å²) in [6.07, 6.45) is 12.2. The van der Waals surface area contributed by atoms with Crippen LogP contribution < -0.4 is 0 Å². The summed E-state index contributed by atoms with van der Waals surface area (Å²) in [4.78, 5) is 23.3. The molecule has 1 fully saturated rings. The number of rotatable bonds is 10. The highest BCUT2D eigenvalue weighted by atomic mass is 16.1. The first kappa shape index (κ1) is 17.4. The van der Waals surface area contributed by atoms with Crippen LogP contribution in [-0.4, -0.2) is 11.6 Å². The van der Waals surface area contributed by atoms with E-state index in [0.29, 0.717) is 31.5 Å². The van der Waals surface area contributed by atoms with E-state index in [0.717, 1.165) is 24.7 Å². The molecule has 116 valence electrons. The van der Waals surface area contributed by atoms with Crippen LogP contribution in [0.25, 0.3) is 0 Å². The first-order valence-corrected chi connectivity index (χ1v) is 8.70. The van der Waals surface area contributed by atoms with Gasteiger partial charge in [-0.1, -0.05) is 52.4 Å². The third-order valence-electron chi connectivity index (χ3n) is 4.73. The Bertz CT molecular complexity index is 294. The summed E-state index contributed by atoms with van der Waals surface area (Å²) >= 11 is 0. The van der Waals surface area contributed by atoms with Gasteiger partial charge in [0.05, 0.1) is 0 Å². The first-order chi connectivity index (χ1) is 9.67. The van der Waals surface area contributed by atoms with Gasteiger partial charge in [0, 0.05) is 25.7 Å². The fourth-order valence-corrected chi connectivity index (χ4v) is 3.57. The molecule has 0 amide bonds. The zero-order valence-electron chi connectivity index (χ0n) is 13.5. The van der Waals surface area contributed by atoms with Crippen LogP contribution in [0.15, 0.2) is 0 Å².